The Hall–Kier alpha value is -3.37. The van der Waals surface area contributed by atoms with Crippen LogP contribution < -0.4 is 13.5 Å². The molecule has 5 rings (SSSR count). The lowest BCUT2D eigenvalue weighted by Gasteiger charge is -2.26. The largest absolute Gasteiger partial charge is 0.753 e. The van der Waals surface area contributed by atoms with E-state index in [-0.39, 0.29) is 4.90 Å². The lowest BCUT2D eigenvalue weighted by Crippen LogP contribution is -2.50. The molecule has 5 nitrogen and oxygen atoms in total. The lowest BCUT2D eigenvalue weighted by atomic mass is 10.1. The van der Waals surface area contributed by atoms with Gasteiger partial charge < -0.3 is 9.31 Å². The van der Waals surface area contributed by atoms with E-state index in [0.717, 1.165) is 18.4 Å². The Bertz CT molecular complexity index is 1270. The van der Waals surface area contributed by atoms with Gasteiger partial charge in [-0.1, -0.05) is 53.8 Å². The molecule has 1 aliphatic carbocycles. The van der Waals surface area contributed by atoms with E-state index in [9.17, 15) is 8.42 Å². The van der Waals surface area contributed by atoms with Gasteiger partial charge in [0.25, 0.3) is 10.0 Å². The van der Waals surface area contributed by atoms with Crippen LogP contribution in [-0.4, -0.2) is 15.7 Å². The summed E-state index contributed by atoms with van der Waals surface area (Å²) >= 11 is 0. The molecule has 0 N–H and O–H groups in total. The number of hydrogen-bond acceptors (Lipinski definition) is 4. The Morgan fingerprint density at radius 1 is 0.903 bits per heavy atom. The van der Waals surface area contributed by atoms with Crippen molar-refractivity contribution in [3.63, 3.8) is 0 Å². The third-order valence-electron chi connectivity index (χ3n) is 5.20. The Kier molecular flexibility index (Phi) is 4.87. The minimum absolute atomic E-state index is 0.159. The highest BCUT2D eigenvalue weighted by Crippen LogP contribution is 2.37. The van der Waals surface area contributed by atoms with E-state index >= 15 is 0 Å². The molecule has 0 unspecified atom stereocenters. The molecule has 3 aromatic rings. The van der Waals surface area contributed by atoms with Crippen molar-refractivity contribution in [2.24, 2.45) is 5.92 Å². The predicted octanol–water partition coefficient (Wildman–Crippen LogP) is 4.41. The van der Waals surface area contributed by atoms with Crippen LogP contribution in [0.25, 0.3) is 0 Å². The number of rotatable bonds is 4. The highest BCUT2D eigenvalue weighted by atomic mass is 32.2. The van der Waals surface area contributed by atoms with Crippen LogP contribution >= 0.6 is 0 Å². The van der Waals surface area contributed by atoms with E-state index in [1.807, 2.05) is 31.2 Å². The normalized spacial score (nSPS) is 14.7. The number of para-hydroxylation sites is 3. The number of aryl methyl sites for hydroxylation is 1. The number of fused-ring (bicyclic) bond motifs is 1. The summed E-state index contributed by atoms with van der Waals surface area (Å²) in [4.78, 5) is 0.159. The van der Waals surface area contributed by atoms with Crippen LogP contribution in [0, 0.1) is 24.7 Å². The highest BCUT2D eigenvalue weighted by molar-refractivity contribution is 7.94. The number of nitrogens with zero attached hydrogens (tertiary/aromatic N) is 1. The molecule has 7 heteroatoms. The minimum atomic E-state index is -4.00. The van der Waals surface area contributed by atoms with Gasteiger partial charge in [0, 0.05) is 11.5 Å². The molecule has 0 spiro atoms. The molecule has 0 bridgehead atoms. The number of hydrogen-bond donors (Lipinski definition) is 0. The van der Waals surface area contributed by atoms with Crippen LogP contribution in [0.1, 0.15) is 24.0 Å². The summed E-state index contributed by atoms with van der Waals surface area (Å²) in [6.07, 6.45) is 2.18. The molecule has 1 fully saturated rings. The van der Waals surface area contributed by atoms with Gasteiger partial charge in [-0.05, 0) is 56.2 Å². The van der Waals surface area contributed by atoms with Crippen LogP contribution in [0.3, 0.4) is 0 Å². The maximum absolute atomic E-state index is 13.8. The smallest absolute Gasteiger partial charge is 0.503 e. The van der Waals surface area contributed by atoms with Gasteiger partial charge in [-0.25, -0.2) is 12.6 Å². The average molecular weight is 429 g/mol. The monoisotopic (exact) mass is 429 g/mol. The zero-order chi connectivity index (χ0) is 21.4. The first-order valence-electron chi connectivity index (χ1n) is 10.2. The van der Waals surface area contributed by atoms with Gasteiger partial charge in [0.1, 0.15) is 11.5 Å². The van der Waals surface area contributed by atoms with Crippen molar-refractivity contribution >= 4 is 23.0 Å². The Labute approximate surface area is 182 Å². The van der Waals surface area contributed by atoms with Gasteiger partial charge >= 0.3 is 7.25 Å². The third kappa shape index (κ3) is 3.87. The summed E-state index contributed by atoms with van der Waals surface area (Å²) in [5, 5.41) is 0. The van der Waals surface area contributed by atoms with E-state index in [1.165, 1.54) is 4.22 Å². The second-order valence-electron chi connectivity index (χ2n) is 7.66. The molecular formula is C24H20BNO4S. The Morgan fingerprint density at radius 2 is 1.52 bits per heavy atom. The molecule has 0 atom stereocenters. The third-order valence-corrected chi connectivity index (χ3v) is 6.96. The van der Waals surface area contributed by atoms with Crippen molar-refractivity contribution in [3.05, 3.63) is 83.9 Å². The SMILES string of the molecule is Cc1ccc(S(=O)(=O)N(B2Oc3ccccc3O2)c2ccccc2C#CC2CC2)cc1. The van der Waals surface area contributed by atoms with Gasteiger partial charge in [0.2, 0.25) is 0 Å². The van der Waals surface area contributed by atoms with Crippen molar-refractivity contribution in [1.29, 1.82) is 0 Å². The van der Waals surface area contributed by atoms with E-state index in [0.29, 0.717) is 28.7 Å². The summed E-state index contributed by atoms with van der Waals surface area (Å²) in [7, 11) is -5.18. The maximum atomic E-state index is 13.8. The predicted molar refractivity (Wildman–Crippen MR) is 120 cm³/mol. The van der Waals surface area contributed by atoms with Gasteiger partial charge in [0.15, 0.2) is 0 Å². The topological polar surface area (TPSA) is 55.8 Å². The molecule has 1 heterocycles. The second-order valence-corrected chi connectivity index (χ2v) is 9.48. The molecule has 0 amide bonds. The number of anilines is 1. The molecule has 0 aromatic heterocycles. The first-order valence-corrected chi connectivity index (χ1v) is 11.6. The van der Waals surface area contributed by atoms with Crippen molar-refractivity contribution in [2.75, 3.05) is 4.22 Å². The maximum Gasteiger partial charge on any atom is 0.753 e. The van der Waals surface area contributed by atoms with Gasteiger partial charge in [-0.2, -0.15) is 0 Å². The zero-order valence-electron chi connectivity index (χ0n) is 17.0. The van der Waals surface area contributed by atoms with E-state index in [4.69, 9.17) is 9.31 Å². The van der Waals surface area contributed by atoms with Crippen LogP contribution in [0.15, 0.2) is 77.7 Å². The Balaban J connectivity index is 1.63. The van der Waals surface area contributed by atoms with Crippen LogP contribution in [-0.2, 0) is 10.0 Å². The minimum Gasteiger partial charge on any atom is -0.503 e. The summed E-state index contributed by atoms with van der Waals surface area (Å²) < 4.78 is 40.6. The van der Waals surface area contributed by atoms with E-state index < -0.39 is 17.3 Å². The van der Waals surface area contributed by atoms with Gasteiger partial charge in [-0.15, -0.1) is 0 Å². The van der Waals surface area contributed by atoms with Crippen molar-refractivity contribution < 1.29 is 17.7 Å². The molecule has 0 radical (unpaired) electrons. The van der Waals surface area contributed by atoms with E-state index in [1.54, 1.807) is 48.5 Å². The fraction of sp³-hybridized carbons (Fsp3) is 0.167. The Morgan fingerprint density at radius 3 is 2.16 bits per heavy atom. The molecule has 2 aliphatic rings. The lowest BCUT2D eigenvalue weighted by molar-refractivity contribution is 0.498. The number of benzene rings is 3. The molecule has 154 valence electrons. The molecule has 0 saturated heterocycles. The zero-order valence-corrected chi connectivity index (χ0v) is 17.8. The number of sulfonamides is 1. The summed E-state index contributed by atoms with van der Waals surface area (Å²) in [5.74, 6) is 7.77. The second kappa shape index (κ2) is 7.71. The average Bonchev–Trinajstić information content (AvgIpc) is 3.50. The van der Waals surface area contributed by atoms with Gasteiger partial charge in [0.05, 0.1) is 10.6 Å². The van der Waals surface area contributed by atoms with Crippen LogP contribution in [0.2, 0.25) is 0 Å². The first kappa shape index (κ1) is 19.6. The van der Waals surface area contributed by atoms with E-state index in [2.05, 4.69) is 11.8 Å². The quantitative estimate of drug-likeness (QED) is 0.456. The standard InChI is InChI=1S/C24H20BNO4S/c1-18-10-16-21(17-11-18)31(27,28)26(25-29-23-8-4-5-9-24(23)30-25)22-7-3-2-6-20(22)15-14-19-12-13-19/h2-11,16-17,19H,12-13H2,1H3. The highest BCUT2D eigenvalue weighted by Gasteiger charge is 2.47. The summed E-state index contributed by atoms with van der Waals surface area (Å²) in [6.45, 7) is 1.91. The van der Waals surface area contributed by atoms with Crippen LogP contribution in [0.5, 0.6) is 11.5 Å². The molecule has 31 heavy (non-hydrogen) atoms. The summed E-state index contributed by atoms with van der Waals surface area (Å²) in [6, 6.07) is 21.1. The van der Waals surface area contributed by atoms with Gasteiger partial charge in [-0.3, -0.25) is 0 Å². The van der Waals surface area contributed by atoms with Crippen LogP contribution in [0.4, 0.5) is 5.69 Å². The molecule has 3 aromatic carbocycles. The fourth-order valence-electron chi connectivity index (χ4n) is 3.34. The van der Waals surface area contributed by atoms with Crippen molar-refractivity contribution in [1.82, 2.24) is 0 Å². The molecule has 1 aliphatic heterocycles. The summed E-state index contributed by atoms with van der Waals surface area (Å²) in [5.41, 5.74) is 2.02. The fourth-order valence-corrected chi connectivity index (χ4v) is 4.78. The molecular weight excluding hydrogens is 409 g/mol. The van der Waals surface area contributed by atoms with Crippen molar-refractivity contribution in [2.45, 2.75) is 24.7 Å². The van der Waals surface area contributed by atoms with Crippen molar-refractivity contribution in [3.8, 4) is 23.3 Å². The molecule has 1 saturated carbocycles. The first-order chi connectivity index (χ1) is 15.0.